The number of halogens is 1. The summed E-state index contributed by atoms with van der Waals surface area (Å²) in [5.74, 6) is 0. The minimum atomic E-state index is -1.05. The lowest BCUT2D eigenvalue weighted by atomic mass is 10.1. The molecule has 106 valence electrons. The van der Waals surface area contributed by atoms with Gasteiger partial charge in [-0.05, 0) is 13.8 Å². The van der Waals surface area contributed by atoms with E-state index in [4.69, 9.17) is 16.3 Å². The Morgan fingerprint density at radius 1 is 1.79 bits per heavy atom. The maximum atomic E-state index is 11.3. The largest absolute Gasteiger partial charge is 0.465 e. The Labute approximate surface area is 119 Å². The molecule has 2 rings (SSSR count). The van der Waals surface area contributed by atoms with E-state index in [-0.39, 0.29) is 19.1 Å². The first-order valence-electron chi connectivity index (χ1n) is 5.77. The van der Waals surface area contributed by atoms with E-state index in [2.05, 4.69) is 4.98 Å². The van der Waals surface area contributed by atoms with Gasteiger partial charge in [0, 0.05) is 12.6 Å². The van der Waals surface area contributed by atoms with Crippen molar-refractivity contribution in [2.24, 2.45) is 0 Å². The molecule has 1 amide bonds. The lowest BCUT2D eigenvalue weighted by Crippen LogP contribution is -2.47. The van der Waals surface area contributed by atoms with Gasteiger partial charge in [0.1, 0.15) is 5.72 Å². The highest BCUT2D eigenvalue weighted by Crippen LogP contribution is 2.34. The summed E-state index contributed by atoms with van der Waals surface area (Å²) in [6, 6.07) is -0.386. The van der Waals surface area contributed by atoms with Crippen molar-refractivity contribution in [3.05, 3.63) is 15.5 Å². The number of aliphatic hydroxyl groups is 1. The lowest BCUT2D eigenvalue weighted by Gasteiger charge is -2.31. The minimum absolute atomic E-state index is 0.258. The van der Waals surface area contributed by atoms with Crippen LogP contribution >= 0.6 is 22.9 Å². The second-order valence-electron chi connectivity index (χ2n) is 4.83. The highest BCUT2D eigenvalue weighted by molar-refractivity contribution is 7.15. The molecule has 2 heterocycles. The van der Waals surface area contributed by atoms with Crippen LogP contribution in [0.2, 0.25) is 4.47 Å². The Balaban J connectivity index is 2.08. The van der Waals surface area contributed by atoms with E-state index in [0.717, 1.165) is 0 Å². The molecule has 0 saturated carbocycles. The normalized spacial score (nSPS) is 23.6. The summed E-state index contributed by atoms with van der Waals surface area (Å²) in [4.78, 5) is 17.0. The molecule has 2 N–H and O–H groups in total. The fraction of sp³-hybridized carbons (Fsp3) is 0.636. The summed E-state index contributed by atoms with van der Waals surface area (Å²) in [7, 11) is 0. The van der Waals surface area contributed by atoms with E-state index >= 15 is 0 Å². The van der Waals surface area contributed by atoms with Crippen molar-refractivity contribution in [3.63, 3.8) is 0 Å². The van der Waals surface area contributed by atoms with E-state index in [0.29, 0.717) is 9.34 Å². The zero-order chi connectivity index (χ0) is 14.2. The van der Waals surface area contributed by atoms with E-state index in [1.54, 1.807) is 13.8 Å². The molecule has 0 aromatic carbocycles. The summed E-state index contributed by atoms with van der Waals surface area (Å²) in [6.45, 7) is 3.65. The first kappa shape index (κ1) is 14.5. The van der Waals surface area contributed by atoms with E-state index in [1.807, 2.05) is 0 Å². The molecule has 0 spiro atoms. The molecule has 1 aromatic rings. The van der Waals surface area contributed by atoms with Crippen LogP contribution in [-0.2, 0) is 4.74 Å². The SMILES string of the molecule is CC1(C)OC[C@H](C[C@@H](O)c2cnc(Cl)s2)N1C(=O)O. The molecule has 19 heavy (non-hydrogen) atoms. The Kier molecular flexibility index (Phi) is 4.00. The topological polar surface area (TPSA) is 82.9 Å². The monoisotopic (exact) mass is 306 g/mol. The molecule has 0 bridgehead atoms. The Morgan fingerprint density at radius 3 is 3.00 bits per heavy atom. The van der Waals surface area contributed by atoms with Crippen LogP contribution < -0.4 is 0 Å². The zero-order valence-electron chi connectivity index (χ0n) is 10.5. The Hall–Kier alpha value is -0.890. The molecule has 2 atom stereocenters. The molecular formula is C11H15ClN2O4S. The second-order valence-corrected chi connectivity index (χ2v) is 6.48. The predicted octanol–water partition coefficient (Wildman–Crippen LogP) is 2.33. The van der Waals surface area contributed by atoms with Crippen molar-refractivity contribution < 1.29 is 19.7 Å². The number of hydrogen-bond donors (Lipinski definition) is 2. The van der Waals surface area contributed by atoms with Gasteiger partial charge in [-0.1, -0.05) is 11.6 Å². The number of ether oxygens (including phenoxy) is 1. The zero-order valence-corrected chi connectivity index (χ0v) is 12.1. The summed E-state index contributed by atoms with van der Waals surface area (Å²) >= 11 is 6.90. The molecule has 0 unspecified atom stereocenters. The number of aliphatic hydroxyl groups excluding tert-OH is 1. The van der Waals surface area contributed by atoms with Gasteiger partial charge < -0.3 is 14.9 Å². The third-order valence-electron chi connectivity index (χ3n) is 3.10. The molecule has 1 fully saturated rings. The van der Waals surface area contributed by atoms with E-state index in [1.165, 1.54) is 22.4 Å². The third-order valence-corrected chi connectivity index (χ3v) is 4.32. The summed E-state index contributed by atoms with van der Waals surface area (Å²) in [5, 5.41) is 19.3. The fourth-order valence-electron chi connectivity index (χ4n) is 2.24. The van der Waals surface area contributed by atoms with Crippen LogP contribution in [0, 0.1) is 0 Å². The van der Waals surface area contributed by atoms with Crippen LogP contribution in [-0.4, -0.2) is 44.6 Å². The predicted molar refractivity (Wildman–Crippen MR) is 70.4 cm³/mol. The minimum Gasteiger partial charge on any atom is -0.465 e. The van der Waals surface area contributed by atoms with Crippen LogP contribution in [0.4, 0.5) is 4.79 Å². The van der Waals surface area contributed by atoms with Gasteiger partial charge in [-0.25, -0.2) is 9.78 Å². The number of aromatic nitrogens is 1. The third kappa shape index (κ3) is 3.00. The highest BCUT2D eigenvalue weighted by atomic mass is 35.5. The first-order valence-corrected chi connectivity index (χ1v) is 6.96. The number of thiazole rings is 1. The number of nitrogens with zero attached hydrogens (tertiary/aromatic N) is 2. The standard InChI is InChI=1S/C11H15ClN2O4S/c1-11(2)14(10(16)17)6(5-18-11)3-7(15)8-4-13-9(12)19-8/h4,6-7,15H,3,5H2,1-2H3,(H,16,17)/t6-,7+/m0/s1. The lowest BCUT2D eigenvalue weighted by molar-refractivity contribution is -0.0430. The number of rotatable bonds is 3. The average Bonchev–Trinajstić information content (AvgIpc) is 2.82. The first-order chi connectivity index (χ1) is 8.81. The summed E-state index contributed by atoms with van der Waals surface area (Å²) in [5.41, 5.74) is -0.873. The molecule has 1 aliphatic heterocycles. The van der Waals surface area contributed by atoms with Gasteiger partial charge in [-0.3, -0.25) is 4.90 Å². The molecule has 1 aliphatic rings. The van der Waals surface area contributed by atoms with Crippen LogP contribution in [0.15, 0.2) is 6.20 Å². The van der Waals surface area contributed by atoms with Gasteiger partial charge in [-0.2, -0.15) is 0 Å². The van der Waals surface area contributed by atoms with Crippen LogP contribution in [0.3, 0.4) is 0 Å². The van der Waals surface area contributed by atoms with Crippen LogP contribution in [0.5, 0.6) is 0 Å². The van der Waals surface area contributed by atoms with Gasteiger partial charge in [0.05, 0.1) is 23.6 Å². The maximum absolute atomic E-state index is 11.3. The van der Waals surface area contributed by atoms with Crippen molar-refractivity contribution in [1.82, 2.24) is 9.88 Å². The number of carbonyl (C=O) groups is 1. The Morgan fingerprint density at radius 2 is 2.47 bits per heavy atom. The highest BCUT2D eigenvalue weighted by Gasteiger charge is 2.44. The van der Waals surface area contributed by atoms with E-state index < -0.39 is 17.9 Å². The quantitative estimate of drug-likeness (QED) is 0.895. The summed E-state index contributed by atoms with van der Waals surface area (Å²) in [6.07, 6.45) is -0.0887. The summed E-state index contributed by atoms with van der Waals surface area (Å²) < 4.78 is 5.82. The van der Waals surface area contributed by atoms with Gasteiger partial charge in [0.2, 0.25) is 0 Å². The van der Waals surface area contributed by atoms with Gasteiger partial charge in [-0.15, -0.1) is 11.3 Å². The van der Waals surface area contributed by atoms with Crippen molar-refractivity contribution in [2.45, 2.75) is 38.1 Å². The van der Waals surface area contributed by atoms with Crippen molar-refractivity contribution in [3.8, 4) is 0 Å². The van der Waals surface area contributed by atoms with Gasteiger partial charge in [0.15, 0.2) is 4.47 Å². The second kappa shape index (κ2) is 5.24. The van der Waals surface area contributed by atoms with Crippen LogP contribution in [0.1, 0.15) is 31.2 Å². The number of hydrogen-bond acceptors (Lipinski definition) is 5. The van der Waals surface area contributed by atoms with Crippen molar-refractivity contribution in [2.75, 3.05) is 6.61 Å². The molecular weight excluding hydrogens is 292 g/mol. The molecule has 1 saturated heterocycles. The van der Waals surface area contributed by atoms with Gasteiger partial charge >= 0.3 is 6.09 Å². The van der Waals surface area contributed by atoms with E-state index in [9.17, 15) is 15.0 Å². The smallest absolute Gasteiger partial charge is 0.409 e. The molecule has 0 radical (unpaired) electrons. The number of carboxylic acid groups (broad SMARTS) is 1. The number of amides is 1. The molecule has 0 aliphatic carbocycles. The molecule has 8 heteroatoms. The molecule has 6 nitrogen and oxygen atoms in total. The fourth-order valence-corrected chi connectivity index (χ4v) is 3.19. The maximum Gasteiger partial charge on any atom is 0.409 e. The average molecular weight is 307 g/mol. The molecule has 1 aromatic heterocycles. The van der Waals surface area contributed by atoms with Crippen molar-refractivity contribution in [1.29, 1.82) is 0 Å². The van der Waals surface area contributed by atoms with Crippen molar-refractivity contribution >= 4 is 29.0 Å². The van der Waals surface area contributed by atoms with Crippen LogP contribution in [0.25, 0.3) is 0 Å². The van der Waals surface area contributed by atoms with Gasteiger partial charge in [0.25, 0.3) is 0 Å². The Bertz CT molecular complexity index is 479.